The molecule has 9 heteroatoms. The molecule has 0 bridgehead atoms. The molecule has 41 heavy (non-hydrogen) atoms. The summed E-state index contributed by atoms with van der Waals surface area (Å²) in [6.07, 6.45) is 4.76. The first kappa shape index (κ1) is 27.6. The van der Waals surface area contributed by atoms with Crippen molar-refractivity contribution in [2.45, 2.75) is 115 Å². The van der Waals surface area contributed by atoms with Crippen LogP contribution in [-0.4, -0.2) is 58.9 Å². The SMILES string of the molecule is CCC[C@H](C)CC[C@]1(C)O[C@H]2CC(=O)OC[C@]23[C@H]2CC[C@@]4(C)[C@H](c5ccoc5)OC(=O)[C@H]5O[C@]54[C@]2(C)[C@H](O)C(=O)[C@@H]31. The van der Waals surface area contributed by atoms with E-state index in [1.807, 2.05) is 20.8 Å². The largest absolute Gasteiger partial charge is 0.472 e. The molecule has 1 aromatic rings. The first-order valence-corrected chi connectivity index (χ1v) is 15.4. The molecular weight excluding hydrogens is 528 g/mol. The standard InChI is InChI=1S/C32H42O9/c1-6-7-17(2)8-12-29(4)23-22(34)24(35)30(5)19(31(23)16-38-21(33)14-20(31)40-29)9-11-28(3)25(18-10-13-37-15-18)39-27(36)26-32(28,30)41-26/h10,13,15,17,19-20,23-26,35H,6-9,11-12,14,16H2,1-5H3/t17-,19-,20-,23+,24+,25-,26+,28-,29-,30-,31-,32+/m0/s1. The van der Waals surface area contributed by atoms with E-state index in [0.29, 0.717) is 25.2 Å². The fourth-order valence-electron chi connectivity index (χ4n) is 10.7. The van der Waals surface area contributed by atoms with Gasteiger partial charge in [0.1, 0.15) is 24.4 Å². The molecule has 9 nitrogen and oxygen atoms in total. The third-order valence-corrected chi connectivity index (χ3v) is 12.5. The highest BCUT2D eigenvalue weighted by molar-refractivity contribution is 5.92. The Morgan fingerprint density at radius 1 is 1.10 bits per heavy atom. The first-order valence-electron chi connectivity index (χ1n) is 15.4. The Bertz CT molecular complexity index is 1280. The number of epoxide rings is 1. The van der Waals surface area contributed by atoms with Gasteiger partial charge in [-0.05, 0) is 50.5 Å². The lowest BCUT2D eigenvalue weighted by Crippen LogP contribution is -2.76. The normalized spacial score (nSPS) is 50.4. The number of aliphatic hydroxyl groups is 1. The average molecular weight is 571 g/mol. The smallest absolute Gasteiger partial charge is 0.339 e. The Balaban J connectivity index is 1.35. The Morgan fingerprint density at radius 2 is 1.88 bits per heavy atom. The quantitative estimate of drug-likeness (QED) is 0.394. The van der Waals surface area contributed by atoms with Gasteiger partial charge in [0.2, 0.25) is 0 Å². The summed E-state index contributed by atoms with van der Waals surface area (Å²) in [5.41, 5.74) is -3.91. The number of ether oxygens (including phenoxy) is 4. The molecule has 224 valence electrons. The van der Waals surface area contributed by atoms with Gasteiger partial charge >= 0.3 is 11.9 Å². The van der Waals surface area contributed by atoms with Crippen molar-refractivity contribution in [3.63, 3.8) is 0 Å². The number of aliphatic hydroxyl groups excluding tert-OH is 1. The third-order valence-electron chi connectivity index (χ3n) is 12.5. The molecule has 2 spiro atoms. The van der Waals surface area contributed by atoms with Crippen molar-refractivity contribution in [2.24, 2.45) is 34.0 Å². The van der Waals surface area contributed by atoms with E-state index in [1.54, 1.807) is 18.6 Å². The predicted octanol–water partition coefficient (Wildman–Crippen LogP) is 4.30. The number of ketones is 1. The van der Waals surface area contributed by atoms with Gasteiger partial charge in [-0.1, -0.05) is 40.5 Å². The third kappa shape index (κ3) is 3.15. The summed E-state index contributed by atoms with van der Waals surface area (Å²) in [5.74, 6) is -1.55. The van der Waals surface area contributed by atoms with E-state index in [9.17, 15) is 19.5 Å². The summed E-state index contributed by atoms with van der Waals surface area (Å²) in [6.45, 7) is 10.4. The summed E-state index contributed by atoms with van der Waals surface area (Å²) in [5, 5.41) is 12.2. The fraction of sp³-hybridized carbons (Fsp3) is 0.781. The van der Waals surface area contributed by atoms with E-state index in [-0.39, 0.29) is 30.7 Å². The lowest BCUT2D eigenvalue weighted by molar-refractivity contribution is -0.252. The maximum atomic E-state index is 14.7. The number of hydrogen-bond donors (Lipinski definition) is 1. The van der Waals surface area contributed by atoms with Gasteiger partial charge in [-0.25, -0.2) is 4.79 Å². The van der Waals surface area contributed by atoms with Crippen LogP contribution < -0.4 is 0 Å². The maximum absolute atomic E-state index is 14.7. The number of cyclic esters (lactones) is 2. The second kappa shape index (κ2) is 8.66. The van der Waals surface area contributed by atoms with Gasteiger partial charge < -0.3 is 28.5 Å². The van der Waals surface area contributed by atoms with Crippen LogP contribution in [0.15, 0.2) is 23.0 Å². The number of carbonyl (C=O) groups is 3. The number of hydrogen-bond acceptors (Lipinski definition) is 9. The first-order chi connectivity index (χ1) is 19.4. The van der Waals surface area contributed by atoms with Gasteiger partial charge in [-0.3, -0.25) is 9.59 Å². The Kier molecular flexibility index (Phi) is 5.83. The van der Waals surface area contributed by atoms with E-state index >= 15 is 0 Å². The van der Waals surface area contributed by atoms with Crippen LogP contribution in [0.3, 0.4) is 0 Å². The summed E-state index contributed by atoms with van der Waals surface area (Å²) >= 11 is 0. The van der Waals surface area contributed by atoms with Crippen molar-refractivity contribution in [3.05, 3.63) is 24.2 Å². The predicted molar refractivity (Wildman–Crippen MR) is 143 cm³/mol. The molecule has 2 saturated carbocycles. The fourth-order valence-corrected chi connectivity index (χ4v) is 10.7. The van der Waals surface area contributed by atoms with Crippen LogP contribution in [0, 0.1) is 34.0 Å². The number of rotatable bonds is 6. The zero-order valence-electron chi connectivity index (χ0n) is 24.6. The molecule has 2 aliphatic carbocycles. The zero-order chi connectivity index (χ0) is 29.2. The lowest BCUT2D eigenvalue weighted by atomic mass is 9.36. The monoisotopic (exact) mass is 570 g/mol. The molecule has 6 aliphatic rings. The van der Waals surface area contributed by atoms with Gasteiger partial charge in [-0.15, -0.1) is 0 Å². The molecule has 7 rings (SSSR count). The van der Waals surface area contributed by atoms with E-state index in [0.717, 1.165) is 24.8 Å². The number of carbonyl (C=O) groups excluding carboxylic acids is 3. The van der Waals surface area contributed by atoms with Gasteiger partial charge in [0.15, 0.2) is 11.9 Å². The Morgan fingerprint density at radius 3 is 2.59 bits per heavy atom. The minimum atomic E-state index is -1.38. The number of fused-ring (bicyclic) bond motifs is 1. The molecular formula is C32H42O9. The minimum absolute atomic E-state index is 0.0626. The van der Waals surface area contributed by atoms with Crippen LogP contribution in [0.5, 0.6) is 0 Å². The molecule has 0 unspecified atom stereocenters. The van der Waals surface area contributed by atoms with Crippen LogP contribution in [0.1, 0.15) is 91.2 Å². The van der Waals surface area contributed by atoms with Crippen molar-refractivity contribution >= 4 is 17.7 Å². The van der Waals surface area contributed by atoms with Crippen LogP contribution in [-0.2, 0) is 33.3 Å². The molecule has 5 heterocycles. The van der Waals surface area contributed by atoms with Crippen molar-refractivity contribution in [3.8, 4) is 0 Å². The Hall–Kier alpha value is -2.23. The van der Waals surface area contributed by atoms with Crippen molar-refractivity contribution in [1.82, 2.24) is 0 Å². The van der Waals surface area contributed by atoms with Crippen molar-refractivity contribution < 1.29 is 42.9 Å². The lowest BCUT2D eigenvalue weighted by Gasteiger charge is -2.66. The van der Waals surface area contributed by atoms with Gasteiger partial charge in [0.25, 0.3) is 0 Å². The summed E-state index contributed by atoms with van der Waals surface area (Å²) < 4.78 is 30.4. The van der Waals surface area contributed by atoms with Crippen LogP contribution in [0.4, 0.5) is 0 Å². The molecule has 6 fully saturated rings. The molecule has 4 saturated heterocycles. The minimum Gasteiger partial charge on any atom is -0.472 e. The van der Waals surface area contributed by atoms with E-state index < -0.39 is 63.8 Å². The van der Waals surface area contributed by atoms with E-state index in [4.69, 9.17) is 23.4 Å². The highest BCUT2D eigenvalue weighted by Gasteiger charge is 2.90. The maximum Gasteiger partial charge on any atom is 0.339 e. The number of esters is 2. The highest BCUT2D eigenvalue weighted by atomic mass is 16.7. The molecule has 0 amide bonds. The average Bonchev–Trinajstić information content (AvgIpc) is 3.39. The van der Waals surface area contributed by atoms with Crippen LogP contribution in [0.2, 0.25) is 0 Å². The molecule has 4 aliphatic heterocycles. The van der Waals surface area contributed by atoms with Gasteiger partial charge in [0, 0.05) is 21.8 Å². The molecule has 1 N–H and O–H groups in total. The summed E-state index contributed by atoms with van der Waals surface area (Å²) in [7, 11) is 0. The summed E-state index contributed by atoms with van der Waals surface area (Å²) in [6, 6.07) is 1.79. The number of Topliss-reactive ketones (excluding diaryl/α,β-unsaturated/α-hetero) is 1. The topological polar surface area (TPSA) is 125 Å². The Labute approximate surface area is 240 Å². The number of furan rings is 1. The zero-order valence-corrected chi connectivity index (χ0v) is 24.6. The second-order valence-corrected chi connectivity index (χ2v) is 14.5. The van der Waals surface area contributed by atoms with E-state index in [1.165, 1.54) is 0 Å². The van der Waals surface area contributed by atoms with Gasteiger partial charge in [-0.2, -0.15) is 0 Å². The summed E-state index contributed by atoms with van der Waals surface area (Å²) in [4.78, 5) is 40.7. The molecule has 0 aromatic carbocycles. The van der Waals surface area contributed by atoms with Crippen molar-refractivity contribution in [2.75, 3.05) is 6.61 Å². The molecule has 12 atom stereocenters. The van der Waals surface area contributed by atoms with E-state index in [2.05, 4.69) is 13.8 Å². The second-order valence-electron chi connectivity index (χ2n) is 14.5. The van der Waals surface area contributed by atoms with Crippen LogP contribution >= 0.6 is 0 Å². The van der Waals surface area contributed by atoms with Gasteiger partial charge in [0.05, 0.1) is 36.6 Å². The molecule has 0 radical (unpaired) electrons. The van der Waals surface area contributed by atoms with Crippen LogP contribution in [0.25, 0.3) is 0 Å². The molecule has 1 aromatic heterocycles. The van der Waals surface area contributed by atoms with Crippen molar-refractivity contribution in [1.29, 1.82) is 0 Å². The highest BCUT2D eigenvalue weighted by Crippen LogP contribution is 2.80.